The van der Waals surface area contributed by atoms with Crippen LogP contribution in [-0.2, 0) is 9.53 Å². The Balaban J connectivity index is 2.68. The summed E-state index contributed by atoms with van der Waals surface area (Å²) in [6.07, 6.45) is 1.86. The van der Waals surface area contributed by atoms with Crippen molar-refractivity contribution in [2.75, 3.05) is 26.5 Å². The highest BCUT2D eigenvalue weighted by molar-refractivity contribution is 8.23. The minimum atomic E-state index is -0.259. The number of ether oxygens (including phenoxy) is 1. The van der Waals surface area contributed by atoms with E-state index in [4.69, 9.17) is 12.2 Å². The molecule has 0 aromatic rings. The van der Waals surface area contributed by atoms with Gasteiger partial charge in [-0.25, -0.2) is 4.79 Å². The van der Waals surface area contributed by atoms with Crippen molar-refractivity contribution in [2.24, 2.45) is 0 Å². The number of thiocarbonyl (C=S) groups is 1. The van der Waals surface area contributed by atoms with Crippen LogP contribution in [-0.4, -0.2) is 41.6 Å². The zero-order chi connectivity index (χ0) is 9.84. The van der Waals surface area contributed by atoms with Gasteiger partial charge in [0, 0.05) is 24.9 Å². The summed E-state index contributed by atoms with van der Waals surface area (Å²) in [7, 11) is 3.30. The Hall–Kier alpha value is -0.550. The zero-order valence-electron chi connectivity index (χ0n) is 7.57. The van der Waals surface area contributed by atoms with Crippen LogP contribution < -0.4 is 0 Å². The quantitative estimate of drug-likeness (QED) is 0.484. The molecule has 0 aromatic carbocycles. The molecule has 0 aromatic heterocycles. The number of thioether (sulfide) groups is 1. The lowest BCUT2D eigenvalue weighted by molar-refractivity contribution is -0.135. The molecule has 0 radical (unpaired) electrons. The van der Waals surface area contributed by atoms with Gasteiger partial charge in [-0.3, -0.25) is 0 Å². The number of carbonyl (C=O) groups excluding carboxylic acids is 1. The van der Waals surface area contributed by atoms with E-state index >= 15 is 0 Å². The second-order valence-electron chi connectivity index (χ2n) is 2.66. The first-order valence-electron chi connectivity index (χ1n) is 3.80. The van der Waals surface area contributed by atoms with Crippen molar-refractivity contribution in [1.82, 2.24) is 4.90 Å². The average molecular weight is 217 g/mol. The molecule has 1 aliphatic heterocycles. The summed E-state index contributed by atoms with van der Waals surface area (Å²) in [5.74, 6) is 0.348. The number of methoxy groups -OCH3 is 1. The molecule has 0 unspecified atom stereocenters. The van der Waals surface area contributed by atoms with Crippen LogP contribution in [0.1, 0.15) is 0 Å². The first-order valence-corrected chi connectivity index (χ1v) is 5.19. The summed E-state index contributed by atoms with van der Waals surface area (Å²) >= 11 is 6.58. The summed E-state index contributed by atoms with van der Waals surface area (Å²) < 4.78 is 5.45. The molecule has 13 heavy (non-hydrogen) atoms. The van der Waals surface area contributed by atoms with E-state index in [1.807, 2.05) is 18.0 Å². The Morgan fingerprint density at radius 2 is 2.46 bits per heavy atom. The van der Waals surface area contributed by atoms with Crippen LogP contribution in [0.15, 0.2) is 11.6 Å². The van der Waals surface area contributed by atoms with Gasteiger partial charge in [0.05, 0.1) is 7.11 Å². The minimum absolute atomic E-state index is 0.259. The maximum Gasteiger partial charge on any atom is 0.334 e. The lowest BCUT2D eigenvalue weighted by atomic mass is 10.3. The Morgan fingerprint density at radius 1 is 1.77 bits per heavy atom. The normalized spacial score (nSPS) is 17.8. The highest BCUT2D eigenvalue weighted by Crippen LogP contribution is 2.17. The van der Waals surface area contributed by atoms with Crippen LogP contribution in [0, 0.1) is 0 Å². The molecule has 0 saturated heterocycles. The Labute approximate surface area is 87.1 Å². The SMILES string of the molecule is COC(=O)C1=CCN(C)C(=S)SC1. The van der Waals surface area contributed by atoms with Crippen LogP contribution in [0.2, 0.25) is 0 Å². The maximum atomic E-state index is 11.2. The summed E-state index contributed by atoms with van der Waals surface area (Å²) in [4.78, 5) is 13.1. The maximum absolute atomic E-state index is 11.2. The predicted molar refractivity (Wildman–Crippen MR) is 57.8 cm³/mol. The molecule has 5 heteroatoms. The molecular formula is C8H11NO2S2. The molecular weight excluding hydrogens is 206 g/mol. The van der Waals surface area contributed by atoms with E-state index in [1.165, 1.54) is 18.9 Å². The molecule has 0 N–H and O–H groups in total. The zero-order valence-corrected chi connectivity index (χ0v) is 9.20. The van der Waals surface area contributed by atoms with E-state index in [0.717, 1.165) is 4.32 Å². The standard InChI is InChI=1S/C8H11NO2S2/c1-9-4-3-6(7(10)11-2)5-13-8(9)12/h3H,4-5H2,1-2H3. The van der Waals surface area contributed by atoms with Crippen LogP contribution in [0.4, 0.5) is 0 Å². The molecule has 1 heterocycles. The third-order valence-electron chi connectivity index (χ3n) is 1.72. The molecule has 1 rings (SSSR count). The molecule has 0 amide bonds. The highest BCUT2D eigenvalue weighted by Gasteiger charge is 2.16. The Morgan fingerprint density at radius 3 is 3.08 bits per heavy atom. The molecule has 0 bridgehead atoms. The molecule has 0 spiro atoms. The Bertz CT molecular complexity index is 263. The van der Waals surface area contributed by atoms with Crippen molar-refractivity contribution in [3.05, 3.63) is 11.6 Å². The fraction of sp³-hybridized carbons (Fsp3) is 0.500. The Kier molecular flexibility index (Phi) is 3.74. The highest BCUT2D eigenvalue weighted by atomic mass is 32.2. The minimum Gasteiger partial charge on any atom is -0.466 e. The third-order valence-corrected chi connectivity index (χ3v) is 3.40. The van der Waals surface area contributed by atoms with E-state index < -0.39 is 0 Å². The predicted octanol–water partition coefficient (Wildman–Crippen LogP) is 1.05. The fourth-order valence-electron chi connectivity index (χ4n) is 0.904. The summed E-state index contributed by atoms with van der Waals surface area (Å²) in [5, 5.41) is 0. The molecule has 0 saturated carbocycles. The lowest BCUT2D eigenvalue weighted by Gasteiger charge is -2.13. The summed E-state index contributed by atoms with van der Waals surface area (Å²) in [6, 6.07) is 0. The van der Waals surface area contributed by atoms with E-state index in [2.05, 4.69) is 4.74 Å². The van der Waals surface area contributed by atoms with Gasteiger partial charge in [-0.15, -0.1) is 0 Å². The van der Waals surface area contributed by atoms with Gasteiger partial charge in [-0.1, -0.05) is 30.1 Å². The molecule has 3 nitrogen and oxygen atoms in total. The second-order valence-corrected chi connectivity index (χ2v) is 4.27. The van der Waals surface area contributed by atoms with E-state index in [9.17, 15) is 4.79 Å². The number of esters is 1. The largest absolute Gasteiger partial charge is 0.466 e. The van der Waals surface area contributed by atoms with Crippen molar-refractivity contribution in [1.29, 1.82) is 0 Å². The van der Waals surface area contributed by atoms with Crippen molar-refractivity contribution in [3.8, 4) is 0 Å². The number of rotatable bonds is 1. The number of carbonyl (C=O) groups is 1. The van der Waals surface area contributed by atoms with Crippen LogP contribution in [0.3, 0.4) is 0 Å². The van der Waals surface area contributed by atoms with Crippen LogP contribution in [0.5, 0.6) is 0 Å². The first-order chi connectivity index (χ1) is 6.15. The molecule has 0 atom stereocenters. The second kappa shape index (κ2) is 4.62. The van der Waals surface area contributed by atoms with Gasteiger partial charge >= 0.3 is 5.97 Å². The van der Waals surface area contributed by atoms with Crippen LogP contribution in [0.25, 0.3) is 0 Å². The first kappa shape index (κ1) is 10.5. The van der Waals surface area contributed by atoms with Gasteiger partial charge in [0.1, 0.15) is 4.32 Å². The number of nitrogens with zero attached hydrogens (tertiary/aromatic N) is 1. The fourth-order valence-corrected chi connectivity index (χ4v) is 1.96. The smallest absolute Gasteiger partial charge is 0.334 e. The van der Waals surface area contributed by atoms with Gasteiger partial charge in [0.2, 0.25) is 0 Å². The van der Waals surface area contributed by atoms with E-state index in [-0.39, 0.29) is 5.97 Å². The van der Waals surface area contributed by atoms with E-state index in [1.54, 1.807) is 0 Å². The number of hydrogen-bond donors (Lipinski definition) is 0. The van der Waals surface area contributed by atoms with Crippen LogP contribution >= 0.6 is 24.0 Å². The van der Waals surface area contributed by atoms with Crippen molar-refractivity contribution < 1.29 is 9.53 Å². The third kappa shape index (κ3) is 2.70. The molecule has 0 fully saturated rings. The van der Waals surface area contributed by atoms with Gasteiger partial charge < -0.3 is 9.64 Å². The van der Waals surface area contributed by atoms with Gasteiger partial charge in [-0.2, -0.15) is 0 Å². The van der Waals surface area contributed by atoms with Gasteiger partial charge in [-0.05, 0) is 0 Å². The topological polar surface area (TPSA) is 29.5 Å². The monoisotopic (exact) mass is 217 g/mol. The lowest BCUT2D eigenvalue weighted by Crippen LogP contribution is -2.21. The van der Waals surface area contributed by atoms with Crippen molar-refractivity contribution in [3.63, 3.8) is 0 Å². The van der Waals surface area contributed by atoms with Crippen molar-refractivity contribution >= 4 is 34.3 Å². The van der Waals surface area contributed by atoms with Gasteiger partial charge in [0.15, 0.2) is 0 Å². The molecule has 0 aliphatic carbocycles. The van der Waals surface area contributed by atoms with Crippen molar-refractivity contribution in [2.45, 2.75) is 0 Å². The average Bonchev–Trinajstić information content (AvgIpc) is 2.30. The summed E-state index contributed by atoms with van der Waals surface area (Å²) in [5.41, 5.74) is 0.694. The van der Waals surface area contributed by atoms with Gasteiger partial charge in [0.25, 0.3) is 0 Å². The number of likely N-dealkylation sites (N-methyl/N-ethyl adjacent to an activating group) is 1. The van der Waals surface area contributed by atoms with E-state index in [0.29, 0.717) is 17.9 Å². The summed E-state index contributed by atoms with van der Waals surface area (Å²) in [6.45, 7) is 0.677. The molecule has 1 aliphatic rings. The number of hydrogen-bond acceptors (Lipinski definition) is 4. The molecule has 72 valence electrons.